The Morgan fingerprint density at radius 3 is 2.50 bits per heavy atom. The molecule has 1 aliphatic rings. The molecule has 1 saturated heterocycles. The van der Waals surface area contributed by atoms with Crippen molar-refractivity contribution in [3.63, 3.8) is 0 Å². The van der Waals surface area contributed by atoms with Crippen molar-refractivity contribution in [1.82, 2.24) is 4.37 Å². The summed E-state index contributed by atoms with van der Waals surface area (Å²) in [6.07, 6.45) is 3.88. The predicted octanol–water partition coefficient (Wildman–Crippen LogP) is 3.38. The second kappa shape index (κ2) is 4.98. The van der Waals surface area contributed by atoms with Gasteiger partial charge < -0.3 is 10.6 Å². The fourth-order valence-corrected chi connectivity index (χ4v) is 3.37. The molecule has 1 fully saturated rings. The van der Waals surface area contributed by atoms with Gasteiger partial charge in [-0.1, -0.05) is 30.3 Å². The van der Waals surface area contributed by atoms with Gasteiger partial charge in [-0.05, 0) is 36.4 Å². The molecule has 1 aromatic heterocycles. The van der Waals surface area contributed by atoms with Crippen molar-refractivity contribution in [1.29, 1.82) is 0 Å². The second-order valence-corrected chi connectivity index (χ2v) is 5.41. The number of aromatic nitrogens is 1. The van der Waals surface area contributed by atoms with Gasteiger partial charge in [0.1, 0.15) is 10.8 Å². The lowest BCUT2D eigenvalue weighted by molar-refractivity contribution is 0.581. The number of benzene rings is 1. The van der Waals surface area contributed by atoms with E-state index in [1.165, 1.54) is 41.4 Å². The van der Waals surface area contributed by atoms with E-state index in [-0.39, 0.29) is 0 Å². The van der Waals surface area contributed by atoms with E-state index < -0.39 is 0 Å². The maximum atomic E-state index is 6.05. The third kappa shape index (κ3) is 2.08. The molecular formula is C14H17N3S. The fraction of sp³-hybridized carbons (Fsp3) is 0.357. The minimum absolute atomic E-state index is 0.659. The van der Waals surface area contributed by atoms with Crippen LogP contribution in [0.1, 0.15) is 19.3 Å². The quantitative estimate of drug-likeness (QED) is 0.899. The van der Waals surface area contributed by atoms with Crippen LogP contribution in [-0.4, -0.2) is 17.5 Å². The van der Waals surface area contributed by atoms with Gasteiger partial charge in [-0.2, -0.15) is 4.37 Å². The Morgan fingerprint density at radius 1 is 1.06 bits per heavy atom. The van der Waals surface area contributed by atoms with Crippen molar-refractivity contribution in [3.8, 4) is 11.1 Å². The smallest absolute Gasteiger partial charge is 0.147 e. The first-order chi connectivity index (χ1) is 8.86. The van der Waals surface area contributed by atoms with Crippen LogP contribution in [0.15, 0.2) is 30.3 Å². The minimum Gasteiger partial charge on any atom is -0.382 e. The first kappa shape index (κ1) is 11.5. The average molecular weight is 259 g/mol. The molecule has 4 heteroatoms. The van der Waals surface area contributed by atoms with Crippen molar-refractivity contribution in [2.45, 2.75) is 19.3 Å². The molecule has 3 rings (SSSR count). The van der Waals surface area contributed by atoms with Gasteiger partial charge in [0.05, 0.1) is 5.56 Å². The highest BCUT2D eigenvalue weighted by atomic mass is 32.1. The van der Waals surface area contributed by atoms with Crippen molar-refractivity contribution in [2.75, 3.05) is 23.7 Å². The molecule has 0 spiro atoms. The van der Waals surface area contributed by atoms with Crippen LogP contribution in [0, 0.1) is 0 Å². The Morgan fingerprint density at radius 2 is 1.78 bits per heavy atom. The fourth-order valence-electron chi connectivity index (χ4n) is 2.48. The second-order valence-electron chi connectivity index (χ2n) is 4.66. The topological polar surface area (TPSA) is 42.1 Å². The molecule has 0 unspecified atom stereocenters. The van der Waals surface area contributed by atoms with E-state index in [1.54, 1.807) is 0 Å². The van der Waals surface area contributed by atoms with Crippen molar-refractivity contribution < 1.29 is 0 Å². The number of nitrogens with two attached hydrogens (primary N) is 1. The number of rotatable bonds is 2. The lowest BCUT2D eigenvalue weighted by atomic mass is 10.1. The Kier molecular flexibility index (Phi) is 3.19. The lowest BCUT2D eigenvalue weighted by Gasteiger charge is -2.28. The summed E-state index contributed by atoms with van der Waals surface area (Å²) in [6.45, 7) is 2.25. The molecule has 0 atom stereocenters. The summed E-state index contributed by atoms with van der Waals surface area (Å²) >= 11 is 1.53. The predicted molar refractivity (Wildman–Crippen MR) is 78.0 cm³/mol. The summed E-state index contributed by atoms with van der Waals surface area (Å²) in [5.41, 5.74) is 8.34. The largest absolute Gasteiger partial charge is 0.382 e. The van der Waals surface area contributed by atoms with Gasteiger partial charge in [0.2, 0.25) is 0 Å². The Labute approximate surface area is 111 Å². The third-order valence-corrected chi connectivity index (χ3v) is 4.33. The monoisotopic (exact) mass is 259 g/mol. The van der Waals surface area contributed by atoms with Gasteiger partial charge in [-0.15, -0.1) is 0 Å². The Hall–Kier alpha value is -1.55. The van der Waals surface area contributed by atoms with Crippen molar-refractivity contribution in [3.05, 3.63) is 30.3 Å². The number of nitrogens with zero attached hydrogens (tertiary/aromatic N) is 2. The molecule has 3 nitrogen and oxygen atoms in total. The summed E-state index contributed by atoms with van der Waals surface area (Å²) in [5.74, 6) is 0.659. The first-order valence-corrected chi connectivity index (χ1v) is 7.19. The molecular weight excluding hydrogens is 242 g/mol. The van der Waals surface area contributed by atoms with E-state index in [9.17, 15) is 0 Å². The molecule has 18 heavy (non-hydrogen) atoms. The summed E-state index contributed by atoms with van der Waals surface area (Å²) in [4.78, 5) is 2.43. The average Bonchev–Trinajstić information content (AvgIpc) is 2.83. The van der Waals surface area contributed by atoms with Crippen molar-refractivity contribution in [2.24, 2.45) is 0 Å². The number of anilines is 2. The lowest BCUT2D eigenvalue weighted by Crippen LogP contribution is -2.29. The molecule has 0 radical (unpaired) electrons. The zero-order valence-corrected chi connectivity index (χ0v) is 11.1. The zero-order chi connectivity index (χ0) is 12.4. The van der Waals surface area contributed by atoms with Crippen LogP contribution in [0.3, 0.4) is 0 Å². The van der Waals surface area contributed by atoms with Crippen LogP contribution in [0.25, 0.3) is 11.1 Å². The van der Waals surface area contributed by atoms with Crippen LogP contribution in [-0.2, 0) is 0 Å². The normalized spacial score (nSPS) is 15.9. The van der Waals surface area contributed by atoms with Crippen LogP contribution in [0.2, 0.25) is 0 Å². The maximum Gasteiger partial charge on any atom is 0.147 e. The van der Waals surface area contributed by atoms with Gasteiger partial charge in [0.15, 0.2) is 0 Å². The van der Waals surface area contributed by atoms with Crippen LogP contribution in [0.4, 0.5) is 10.8 Å². The SMILES string of the molecule is Nc1nsc(N2CCCCC2)c1-c1ccccc1. The number of hydrogen-bond acceptors (Lipinski definition) is 4. The zero-order valence-electron chi connectivity index (χ0n) is 10.3. The van der Waals surface area contributed by atoms with E-state index in [2.05, 4.69) is 21.4 Å². The molecule has 0 aliphatic carbocycles. The molecule has 1 aromatic carbocycles. The standard InChI is InChI=1S/C14H17N3S/c15-13-12(11-7-3-1-4-8-11)14(18-16-13)17-9-5-2-6-10-17/h1,3-4,7-8H,2,5-6,9-10H2,(H2,15,16). The number of hydrogen-bond donors (Lipinski definition) is 1. The molecule has 2 aromatic rings. The van der Waals surface area contributed by atoms with Gasteiger partial charge in [0, 0.05) is 13.1 Å². The van der Waals surface area contributed by atoms with Gasteiger partial charge in [0.25, 0.3) is 0 Å². The first-order valence-electron chi connectivity index (χ1n) is 6.42. The summed E-state index contributed by atoms with van der Waals surface area (Å²) in [6, 6.07) is 10.3. The van der Waals surface area contributed by atoms with Crippen LogP contribution >= 0.6 is 11.5 Å². The molecule has 2 heterocycles. The van der Waals surface area contributed by atoms with Crippen LogP contribution < -0.4 is 10.6 Å². The van der Waals surface area contributed by atoms with Crippen LogP contribution in [0.5, 0.6) is 0 Å². The van der Waals surface area contributed by atoms with E-state index in [1.807, 2.05) is 18.2 Å². The Balaban J connectivity index is 2.01. The Bertz CT molecular complexity index is 515. The van der Waals surface area contributed by atoms with E-state index in [4.69, 9.17) is 5.73 Å². The summed E-state index contributed by atoms with van der Waals surface area (Å²) < 4.78 is 4.35. The highest BCUT2D eigenvalue weighted by Crippen LogP contribution is 2.40. The molecule has 94 valence electrons. The molecule has 1 aliphatic heterocycles. The van der Waals surface area contributed by atoms with Gasteiger partial charge in [-0.3, -0.25) is 0 Å². The van der Waals surface area contributed by atoms with E-state index in [0.29, 0.717) is 5.82 Å². The van der Waals surface area contributed by atoms with Crippen molar-refractivity contribution >= 4 is 22.4 Å². The highest BCUT2D eigenvalue weighted by Gasteiger charge is 2.20. The molecule has 0 saturated carbocycles. The number of nitrogen functional groups attached to an aromatic ring is 1. The van der Waals surface area contributed by atoms with E-state index >= 15 is 0 Å². The van der Waals surface area contributed by atoms with Gasteiger partial charge >= 0.3 is 0 Å². The summed E-state index contributed by atoms with van der Waals surface area (Å²) in [5, 5.41) is 1.23. The molecule has 0 bridgehead atoms. The minimum atomic E-state index is 0.659. The molecule has 2 N–H and O–H groups in total. The number of piperidine rings is 1. The summed E-state index contributed by atoms with van der Waals surface area (Å²) in [7, 11) is 0. The van der Waals surface area contributed by atoms with E-state index in [0.717, 1.165) is 18.7 Å². The highest BCUT2D eigenvalue weighted by molar-refractivity contribution is 7.11. The molecule has 0 amide bonds. The maximum absolute atomic E-state index is 6.05. The van der Waals surface area contributed by atoms with Gasteiger partial charge in [-0.25, -0.2) is 0 Å². The third-order valence-electron chi connectivity index (χ3n) is 3.41.